The van der Waals surface area contributed by atoms with Crippen molar-refractivity contribution < 1.29 is 9.13 Å². The number of aromatic nitrogens is 6. The number of benzene rings is 2. The van der Waals surface area contributed by atoms with Crippen LogP contribution in [0.2, 0.25) is 0 Å². The molecule has 6 rings (SSSR count). The molecule has 5 aromatic rings. The van der Waals surface area contributed by atoms with E-state index in [4.69, 9.17) is 4.74 Å². The summed E-state index contributed by atoms with van der Waals surface area (Å²) in [7, 11) is 2.16. The van der Waals surface area contributed by atoms with Crippen molar-refractivity contribution in [2.24, 2.45) is 5.92 Å². The van der Waals surface area contributed by atoms with E-state index in [0.717, 1.165) is 42.1 Å². The largest absolute Gasteiger partial charge is 0.454 e. The third-order valence-corrected chi connectivity index (χ3v) is 6.63. The minimum absolute atomic E-state index is 0.0949. The smallest absolute Gasteiger partial charge is 0.193 e. The second kappa shape index (κ2) is 8.74. The van der Waals surface area contributed by atoms with Crippen LogP contribution in [0.3, 0.4) is 0 Å². The molecule has 0 bridgehead atoms. The summed E-state index contributed by atoms with van der Waals surface area (Å²) in [5.74, 6) is 1.49. The molecule has 0 radical (unpaired) electrons. The maximum atomic E-state index is 15.4. The summed E-state index contributed by atoms with van der Waals surface area (Å²) in [5, 5.41) is 4.52. The van der Waals surface area contributed by atoms with Crippen LogP contribution in [0.4, 0.5) is 4.39 Å². The van der Waals surface area contributed by atoms with Crippen LogP contribution in [0.25, 0.3) is 33.3 Å². The van der Waals surface area contributed by atoms with Gasteiger partial charge in [0.2, 0.25) is 0 Å². The summed E-state index contributed by atoms with van der Waals surface area (Å²) in [6.07, 6.45) is 7.73. The van der Waals surface area contributed by atoms with Crippen molar-refractivity contribution in [2.75, 3.05) is 20.1 Å². The third-order valence-electron chi connectivity index (χ3n) is 6.63. The number of rotatable bonds is 5. The van der Waals surface area contributed by atoms with E-state index in [2.05, 4.69) is 37.0 Å². The average molecular weight is 472 g/mol. The zero-order chi connectivity index (χ0) is 23.9. The summed E-state index contributed by atoms with van der Waals surface area (Å²) in [5.41, 5.74) is 3.70. The number of ether oxygens (including phenoxy) is 1. The van der Waals surface area contributed by atoms with E-state index >= 15 is 4.39 Å². The number of piperidine rings is 1. The maximum Gasteiger partial charge on any atom is 0.193 e. The number of nitrogens with zero attached hydrogens (tertiary/aromatic N) is 6. The van der Waals surface area contributed by atoms with Gasteiger partial charge in [0, 0.05) is 24.4 Å². The van der Waals surface area contributed by atoms with Crippen molar-refractivity contribution >= 4 is 22.1 Å². The van der Waals surface area contributed by atoms with Gasteiger partial charge >= 0.3 is 0 Å². The van der Waals surface area contributed by atoms with Gasteiger partial charge in [-0.3, -0.25) is 9.67 Å². The molecule has 1 saturated heterocycles. The first kappa shape index (κ1) is 21.7. The molecule has 1 aliphatic rings. The molecular weight excluding hydrogens is 445 g/mol. The van der Waals surface area contributed by atoms with E-state index in [1.807, 2.05) is 23.9 Å². The summed E-state index contributed by atoms with van der Waals surface area (Å²) in [6.45, 7) is 5.00. The number of imidazole rings is 1. The number of likely N-dealkylation sites (tertiary alicyclic amines) is 1. The molecule has 35 heavy (non-hydrogen) atoms. The van der Waals surface area contributed by atoms with Crippen LogP contribution in [-0.2, 0) is 6.54 Å². The van der Waals surface area contributed by atoms with Gasteiger partial charge in [-0.15, -0.1) is 0 Å². The lowest BCUT2D eigenvalue weighted by Crippen LogP contribution is -2.31. The molecule has 1 fully saturated rings. The van der Waals surface area contributed by atoms with Crippen LogP contribution < -0.4 is 4.74 Å². The first-order valence-corrected chi connectivity index (χ1v) is 11.8. The predicted molar refractivity (Wildman–Crippen MR) is 132 cm³/mol. The van der Waals surface area contributed by atoms with Gasteiger partial charge in [0.1, 0.15) is 17.1 Å². The molecule has 4 heterocycles. The standard InChI is InChI=1S/C26H26FN7O/c1-16-30-20-4-3-19(11-22(20)31-16)35-24-6-5-21-26(25(24)27)32-23(13-28-21)18-12-29-34(15-18)14-17-7-9-33(2)10-8-17/h3-6,11-13,15,17H,7-10,14H2,1-2H3,(H,30,31). The highest BCUT2D eigenvalue weighted by molar-refractivity contribution is 5.80. The molecule has 8 nitrogen and oxygen atoms in total. The van der Waals surface area contributed by atoms with E-state index in [-0.39, 0.29) is 11.3 Å². The Hall–Kier alpha value is -3.85. The zero-order valence-electron chi connectivity index (χ0n) is 19.7. The van der Waals surface area contributed by atoms with Gasteiger partial charge in [-0.05, 0) is 70.1 Å². The summed E-state index contributed by atoms with van der Waals surface area (Å²) in [6, 6.07) is 8.71. The quantitative estimate of drug-likeness (QED) is 0.390. The van der Waals surface area contributed by atoms with E-state index < -0.39 is 5.82 Å². The number of H-pyrrole nitrogens is 1. The Morgan fingerprint density at radius 1 is 1.09 bits per heavy atom. The molecule has 178 valence electrons. The molecule has 0 saturated carbocycles. The minimum atomic E-state index is -0.545. The molecule has 1 aliphatic heterocycles. The molecule has 9 heteroatoms. The number of nitrogens with one attached hydrogen (secondary N) is 1. The van der Waals surface area contributed by atoms with Crippen molar-refractivity contribution in [3.63, 3.8) is 0 Å². The zero-order valence-corrected chi connectivity index (χ0v) is 19.7. The second-order valence-corrected chi connectivity index (χ2v) is 9.30. The highest BCUT2D eigenvalue weighted by Gasteiger charge is 2.18. The first-order chi connectivity index (χ1) is 17.0. The number of hydrogen-bond donors (Lipinski definition) is 1. The van der Waals surface area contributed by atoms with Crippen LogP contribution in [-0.4, -0.2) is 54.8 Å². The predicted octanol–water partition coefficient (Wildman–Crippen LogP) is 4.95. The monoisotopic (exact) mass is 471 g/mol. The van der Waals surface area contributed by atoms with E-state index in [0.29, 0.717) is 22.9 Å². The average Bonchev–Trinajstić information content (AvgIpc) is 3.47. The molecule has 0 amide bonds. The van der Waals surface area contributed by atoms with Gasteiger partial charge in [0.15, 0.2) is 11.6 Å². The lowest BCUT2D eigenvalue weighted by molar-refractivity contribution is 0.201. The number of aryl methyl sites for hydroxylation is 1. The SMILES string of the molecule is Cc1nc2ccc(Oc3ccc4ncc(-c5cnn(CC6CCN(C)CC6)c5)nc4c3F)cc2[nH]1. The van der Waals surface area contributed by atoms with Gasteiger partial charge in [0.25, 0.3) is 0 Å². The molecular formula is C26H26FN7O. The van der Waals surface area contributed by atoms with Gasteiger partial charge in [-0.1, -0.05) is 0 Å². The number of fused-ring (bicyclic) bond motifs is 2. The molecule has 2 aromatic carbocycles. The molecule has 0 unspecified atom stereocenters. The lowest BCUT2D eigenvalue weighted by Gasteiger charge is -2.28. The van der Waals surface area contributed by atoms with Crippen LogP contribution in [0.5, 0.6) is 11.5 Å². The Morgan fingerprint density at radius 2 is 1.91 bits per heavy atom. The minimum Gasteiger partial charge on any atom is -0.454 e. The normalized spacial score (nSPS) is 15.3. The van der Waals surface area contributed by atoms with Gasteiger partial charge in [-0.25, -0.2) is 14.4 Å². The summed E-state index contributed by atoms with van der Waals surface area (Å²) in [4.78, 5) is 18.9. The van der Waals surface area contributed by atoms with Crippen molar-refractivity contribution in [3.05, 3.63) is 60.6 Å². The highest BCUT2D eigenvalue weighted by atomic mass is 19.1. The Bertz CT molecular complexity index is 1520. The Balaban J connectivity index is 1.25. The highest BCUT2D eigenvalue weighted by Crippen LogP contribution is 2.31. The molecule has 1 N–H and O–H groups in total. The number of halogens is 1. The topological polar surface area (TPSA) is 84.8 Å². The Kier molecular flexibility index (Phi) is 5.41. The fourth-order valence-electron chi connectivity index (χ4n) is 4.66. The lowest BCUT2D eigenvalue weighted by atomic mass is 9.97. The molecule has 0 aliphatic carbocycles. The van der Waals surface area contributed by atoms with Crippen molar-refractivity contribution in [1.82, 2.24) is 34.6 Å². The van der Waals surface area contributed by atoms with E-state index in [1.165, 1.54) is 12.8 Å². The molecule has 3 aromatic heterocycles. The number of aromatic amines is 1. The van der Waals surface area contributed by atoms with Crippen molar-refractivity contribution in [3.8, 4) is 22.8 Å². The van der Waals surface area contributed by atoms with Crippen LogP contribution in [0, 0.1) is 18.7 Å². The summed E-state index contributed by atoms with van der Waals surface area (Å²) >= 11 is 0. The van der Waals surface area contributed by atoms with Gasteiger partial charge in [0.05, 0.1) is 34.6 Å². The Morgan fingerprint density at radius 3 is 2.77 bits per heavy atom. The van der Waals surface area contributed by atoms with Crippen LogP contribution in [0.15, 0.2) is 48.9 Å². The Labute approximate surface area is 201 Å². The fourth-order valence-corrected chi connectivity index (χ4v) is 4.66. The third kappa shape index (κ3) is 4.35. The second-order valence-electron chi connectivity index (χ2n) is 9.30. The van der Waals surface area contributed by atoms with E-state index in [9.17, 15) is 0 Å². The molecule has 0 spiro atoms. The van der Waals surface area contributed by atoms with Crippen molar-refractivity contribution in [1.29, 1.82) is 0 Å². The number of hydrogen-bond acceptors (Lipinski definition) is 6. The van der Waals surface area contributed by atoms with Crippen LogP contribution in [0.1, 0.15) is 18.7 Å². The van der Waals surface area contributed by atoms with Crippen LogP contribution >= 0.6 is 0 Å². The van der Waals surface area contributed by atoms with E-state index in [1.54, 1.807) is 36.7 Å². The first-order valence-electron chi connectivity index (χ1n) is 11.8. The maximum absolute atomic E-state index is 15.4. The van der Waals surface area contributed by atoms with Crippen molar-refractivity contribution in [2.45, 2.75) is 26.3 Å². The summed E-state index contributed by atoms with van der Waals surface area (Å²) < 4.78 is 23.3. The molecule has 0 atom stereocenters. The van der Waals surface area contributed by atoms with Gasteiger partial charge < -0.3 is 14.6 Å². The fraction of sp³-hybridized carbons (Fsp3) is 0.308. The van der Waals surface area contributed by atoms with Gasteiger partial charge in [-0.2, -0.15) is 5.10 Å².